The molecule has 2 rings (SSSR count). The van der Waals surface area contributed by atoms with Crippen molar-refractivity contribution < 1.29 is 0 Å². The van der Waals surface area contributed by atoms with Crippen molar-refractivity contribution in [3.63, 3.8) is 0 Å². The first-order valence-corrected chi connectivity index (χ1v) is 4.54. The van der Waals surface area contributed by atoms with E-state index in [-0.39, 0.29) is 5.69 Å². The maximum Gasteiger partial charge on any atom is 0.182 e. The number of nitrogens with one attached hydrogen (secondary N) is 2. The van der Waals surface area contributed by atoms with Crippen LogP contribution in [-0.4, -0.2) is 20.2 Å². The molecule has 0 aliphatic carbocycles. The van der Waals surface area contributed by atoms with Crippen LogP contribution in [0, 0.1) is 11.3 Å². The van der Waals surface area contributed by atoms with Crippen LogP contribution in [0.1, 0.15) is 11.3 Å². The van der Waals surface area contributed by atoms with Gasteiger partial charge in [-0.2, -0.15) is 10.4 Å². The number of rotatable bonds is 3. The van der Waals surface area contributed by atoms with Gasteiger partial charge in [0.2, 0.25) is 0 Å². The molecule has 0 amide bonds. The van der Waals surface area contributed by atoms with Crippen molar-refractivity contribution >= 4 is 11.6 Å². The van der Waals surface area contributed by atoms with Gasteiger partial charge < -0.3 is 11.1 Å². The van der Waals surface area contributed by atoms with Gasteiger partial charge in [0.05, 0.1) is 6.20 Å². The first-order chi connectivity index (χ1) is 7.81. The van der Waals surface area contributed by atoms with E-state index in [1.165, 1.54) is 12.4 Å². The minimum Gasteiger partial charge on any atom is -0.384 e. The Bertz CT molecular complexity index is 525. The molecule has 0 bridgehead atoms. The van der Waals surface area contributed by atoms with Gasteiger partial charge in [-0.25, -0.2) is 9.97 Å². The molecule has 16 heavy (non-hydrogen) atoms. The first kappa shape index (κ1) is 9.92. The zero-order valence-electron chi connectivity index (χ0n) is 8.31. The number of nitriles is 1. The number of aromatic nitrogens is 4. The number of anilines is 2. The minimum absolute atomic E-state index is 0.254. The Morgan fingerprint density at radius 2 is 2.25 bits per heavy atom. The van der Waals surface area contributed by atoms with Crippen LogP contribution in [0.5, 0.6) is 0 Å². The van der Waals surface area contributed by atoms with Gasteiger partial charge in [0, 0.05) is 24.5 Å². The van der Waals surface area contributed by atoms with Gasteiger partial charge in [-0.1, -0.05) is 0 Å². The van der Waals surface area contributed by atoms with Gasteiger partial charge >= 0.3 is 0 Å². The molecule has 0 aliphatic rings. The molecule has 0 aromatic carbocycles. The molecule has 0 fully saturated rings. The van der Waals surface area contributed by atoms with E-state index in [9.17, 15) is 0 Å². The summed E-state index contributed by atoms with van der Waals surface area (Å²) in [6, 6.07) is 1.95. The number of hydrogen-bond acceptors (Lipinski definition) is 6. The highest BCUT2D eigenvalue weighted by molar-refractivity contribution is 5.48. The molecule has 0 aliphatic heterocycles. The molecule has 4 N–H and O–H groups in total. The summed E-state index contributed by atoms with van der Waals surface area (Å²) in [7, 11) is 0. The largest absolute Gasteiger partial charge is 0.384 e. The van der Waals surface area contributed by atoms with Gasteiger partial charge in [-0.15, -0.1) is 0 Å². The van der Waals surface area contributed by atoms with Crippen LogP contribution in [0.3, 0.4) is 0 Å². The third-order valence-electron chi connectivity index (χ3n) is 2.00. The van der Waals surface area contributed by atoms with Crippen molar-refractivity contribution in [2.45, 2.75) is 6.54 Å². The van der Waals surface area contributed by atoms with Crippen LogP contribution in [-0.2, 0) is 6.54 Å². The Morgan fingerprint density at radius 3 is 2.94 bits per heavy atom. The van der Waals surface area contributed by atoms with Gasteiger partial charge in [-0.05, 0) is 0 Å². The van der Waals surface area contributed by atoms with Crippen LogP contribution in [0.25, 0.3) is 0 Å². The van der Waals surface area contributed by atoms with E-state index in [0.29, 0.717) is 18.2 Å². The lowest BCUT2D eigenvalue weighted by atomic mass is 10.3. The highest BCUT2D eigenvalue weighted by Gasteiger charge is 2.05. The van der Waals surface area contributed by atoms with Crippen molar-refractivity contribution in [1.29, 1.82) is 5.26 Å². The van der Waals surface area contributed by atoms with Gasteiger partial charge in [-0.3, -0.25) is 5.10 Å². The summed E-state index contributed by atoms with van der Waals surface area (Å²) >= 11 is 0. The molecule has 0 spiro atoms. The summed E-state index contributed by atoms with van der Waals surface area (Å²) in [6.07, 6.45) is 4.60. The van der Waals surface area contributed by atoms with Crippen molar-refractivity contribution in [2.24, 2.45) is 0 Å². The zero-order valence-corrected chi connectivity index (χ0v) is 8.31. The van der Waals surface area contributed by atoms with Gasteiger partial charge in [0.15, 0.2) is 11.5 Å². The zero-order chi connectivity index (χ0) is 11.4. The van der Waals surface area contributed by atoms with E-state index >= 15 is 0 Å². The molecule has 2 aromatic rings. The second-order valence-electron chi connectivity index (χ2n) is 3.03. The van der Waals surface area contributed by atoms with Crippen molar-refractivity contribution in [3.05, 3.63) is 29.8 Å². The fourth-order valence-electron chi connectivity index (χ4n) is 1.19. The third kappa shape index (κ3) is 1.90. The molecule has 7 heteroatoms. The lowest BCUT2D eigenvalue weighted by molar-refractivity contribution is 1.07. The van der Waals surface area contributed by atoms with Crippen molar-refractivity contribution in [3.8, 4) is 6.07 Å². The van der Waals surface area contributed by atoms with Crippen molar-refractivity contribution in [1.82, 2.24) is 20.2 Å². The number of nitrogens with two attached hydrogens (primary N) is 1. The molecular weight excluding hydrogens is 206 g/mol. The standard InChI is InChI=1S/C9H9N7/c10-3-7-9(13-2-1-12-7)14-4-6-5-15-16-8(6)11/h1-2,5H,4H2,(H,13,14)(H3,11,15,16). The van der Waals surface area contributed by atoms with E-state index in [1.807, 2.05) is 6.07 Å². The molecule has 0 radical (unpaired) electrons. The molecule has 0 saturated heterocycles. The van der Waals surface area contributed by atoms with Crippen LogP contribution >= 0.6 is 0 Å². The Kier molecular flexibility index (Phi) is 2.65. The lowest BCUT2D eigenvalue weighted by Crippen LogP contribution is -2.05. The number of nitrogen functional groups attached to an aromatic ring is 1. The van der Waals surface area contributed by atoms with Crippen LogP contribution < -0.4 is 11.1 Å². The van der Waals surface area contributed by atoms with Crippen molar-refractivity contribution in [2.75, 3.05) is 11.1 Å². The smallest absolute Gasteiger partial charge is 0.182 e. The quantitative estimate of drug-likeness (QED) is 0.676. The first-order valence-electron chi connectivity index (χ1n) is 4.54. The fraction of sp³-hybridized carbons (Fsp3) is 0.111. The normalized spacial score (nSPS) is 9.69. The Hall–Kier alpha value is -2.62. The third-order valence-corrected chi connectivity index (χ3v) is 2.00. The summed E-state index contributed by atoms with van der Waals surface area (Å²) in [5.41, 5.74) is 6.68. The Morgan fingerprint density at radius 1 is 1.44 bits per heavy atom. The molecular formula is C9H9N7. The van der Waals surface area contributed by atoms with E-state index in [4.69, 9.17) is 11.0 Å². The van der Waals surface area contributed by atoms with E-state index in [0.717, 1.165) is 5.56 Å². The highest BCUT2D eigenvalue weighted by atomic mass is 15.1. The molecule has 0 saturated carbocycles. The summed E-state index contributed by atoms with van der Waals surface area (Å²) < 4.78 is 0. The van der Waals surface area contributed by atoms with E-state index in [1.54, 1.807) is 6.20 Å². The summed E-state index contributed by atoms with van der Waals surface area (Å²) in [5, 5.41) is 18.2. The van der Waals surface area contributed by atoms with E-state index in [2.05, 4.69) is 25.5 Å². The number of hydrogen-bond donors (Lipinski definition) is 3. The molecule has 2 aromatic heterocycles. The van der Waals surface area contributed by atoms with Gasteiger partial charge in [0.1, 0.15) is 11.9 Å². The molecule has 0 atom stereocenters. The average Bonchev–Trinajstić information content (AvgIpc) is 2.72. The Labute approximate surface area is 91.3 Å². The summed E-state index contributed by atoms with van der Waals surface area (Å²) in [5.74, 6) is 0.931. The SMILES string of the molecule is N#Cc1nccnc1NCc1cn[nH]c1N. The second-order valence-corrected chi connectivity index (χ2v) is 3.03. The van der Waals surface area contributed by atoms with E-state index < -0.39 is 0 Å². The number of nitrogens with zero attached hydrogens (tertiary/aromatic N) is 4. The van der Waals surface area contributed by atoms with Gasteiger partial charge in [0.25, 0.3) is 0 Å². The second kappa shape index (κ2) is 4.27. The molecule has 2 heterocycles. The summed E-state index contributed by atoms with van der Waals surface area (Å²) in [4.78, 5) is 7.89. The molecule has 7 nitrogen and oxygen atoms in total. The number of aromatic amines is 1. The minimum atomic E-state index is 0.254. The molecule has 80 valence electrons. The maximum atomic E-state index is 8.79. The summed E-state index contributed by atoms with van der Waals surface area (Å²) in [6.45, 7) is 0.440. The Balaban J connectivity index is 2.11. The monoisotopic (exact) mass is 215 g/mol. The topological polar surface area (TPSA) is 116 Å². The predicted molar refractivity (Wildman–Crippen MR) is 57.1 cm³/mol. The lowest BCUT2D eigenvalue weighted by Gasteiger charge is -2.04. The van der Waals surface area contributed by atoms with Crippen LogP contribution in [0.15, 0.2) is 18.6 Å². The maximum absolute atomic E-state index is 8.79. The average molecular weight is 215 g/mol. The van der Waals surface area contributed by atoms with Crippen LogP contribution in [0.4, 0.5) is 11.6 Å². The van der Waals surface area contributed by atoms with Crippen LogP contribution in [0.2, 0.25) is 0 Å². The fourth-order valence-corrected chi connectivity index (χ4v) is 1.19. The number of H-pyrrole nitrogens is 1. The molecule has 0 unspecified atom stereocenters. The predicted octanol–water partition coefficient (Wildman–Crippen LogP) is 0.266. The highest BCUT2D eigenvalue weighted by Crippen LogP contribution is 2.11.